The number of aliphatic hydroxyl groups excluding tert-OH is 2. The lowest BCUT2D eigenvalue weighted by molar-refractivity contribution is 0.0491. The van der Waals surface area contributed by atoms with E-state index in [1.807, 2.05) is 18.0 Å². The smallest absolute Gasteiger partial charge is 0.152 e. The second-order valence-electron chi connectivity index (χ2n) is 10.5. The molecule has 0 radical (unpaired) electrons. The molecule has 6 nitrogen and oxygen atoms in total. The molecule has 2 unspecified atom stereocenters. The van der Waals surface area contributed by atoms with Crippen molar-refractivity contribution < 1.29 is 10.2 Å². The van der Waals surface area contributed by atoms with Gasteiger partial charge in [0, 0.05) is 49.2 Å². The molecule has 2 atom stereocenters. The van der Waals surface area contributed by atoms with Gasteiger partial charge in [-0.05, 0) is 74.6 Å². The van der Waals surface area contributed by atoms with Crippen LogP contribution in [0.2, 0.25) is 0 Å². The number of hydrogen-bond donors (Lipinski definition) is 2. The summed E-state index contributed by atoms with van der Waals surface area (Å²) in [5, 5.41) is 21.4. The number of aryl methyl sites for hydroxylation is 2. The third-order valence-corrected chi connectivity index (χ3v) is 8.41. The summed E-state index contributed by atoms with van der Waals surface area (Å²) in [4.78, 5) is 14.0. The fraction of sp³-hybridized carbons (Fsp3) is 0.467. The Balaban J connectivity index is 1.19. The number of aliphatic hydroxyl groups is 2. The number of rotatable bonds is 3. The molecule has 3 aliphatic heterocycles. The minimum Gasteiger partial charge on any atom is -0.385 e. The van der Waals surface area contributed by atoms with Crippen LogP contribution < -0.4 is 0 Å². The number of aliphatic imine (C=N–C) groups is 1. The SMILES string of the molecule is CC1=C(CCN2CCC(=C3c4ccccc4CCc4cccnc43)CC2)C(O)N2CCCC(O)C2=N1. The van der Waals surface area contributed by atoms with Crippen LogP contribution in [-0.2, 0) is 12.8 Å². The van der Waals surface area contributed by atoms with Gasteiger partial charge in [0.15, 0.2) is 6.23 Å². The normalized spacial score (nSPS) is 24.6. The molecule has 2 saturated heterocycles. The molecule has 1 aromatic heterocycles. The fourth-order valence-corrected chi connectivity index (χ4v) is 6.38. The lowest BCUT2D eigenvalue weighted by Crippen LogP contribution is -2.52. The highest BCUT2D eigenvalue weighted by Crippen LogP contribution is 2.37. The van der Waals surface area contributed by atoms with Crippen LogP contribution in [-0.4, -0.2) is 69.3 Å². The monoisotopic (exact) mass is 484 g/mol. The Labute approximate surface area is 213 Å². The first-order valence-electron chi connectivity index (χ1n) is 13.5. The molecule has 4 heterocycles. The molecule has 6 rings (SSSR count). The van der Waals surface area contributed by atoms with E-state index in [4.69, 9.17) is 4.98 Å². The van der Waals surface area contributed by atoms with Gasteiger partial charge >= 0.3 is 0 Å². The average Bonchev–Trinajstić information content (AvgIpc) is 3.07. The van der Waals surface area contributed by atoms with Crippen LogP contribution in [0.3, 0.4) is 0 Å². The Bertz CT molecular complexity index is 1190. The molecule has 0 bridgehead atoms. The second-order valence-corrected chi connectivity index (χ2v) is 10.5. The first kappa shape index (κ1) is 23.6. The van der Waals surface area contributed by atoms with Crippen molar-refractivity contribution in [3.63, 3.8) is 0 Å². The molecular formula is C30H36N4O2. The Morgan fingerprint density at radius 1 is 0.944 bits per heavy atom. The molecule has 2 N–H and O–H groups in total. The molecule has 2 fully saturated rings. The number of allylic oxidation sites excluding steroid dienone is 1. The van der Waals surface area contributed by atoms with Crippen molar-refractivity contribution in [2.45, 2.75) is 64.2 Å². The number of hydrogen-bond acceptors (Lipinski definition) is 6. The third-order valence-electron chi connectivity index (χ3n) is 8.41. The average molecular weight is 485 g/mol. The summed E-state index contributed by atoms with van der Waals surface area (Å²) >= 11 is 0. The van der Waals surface area contributed by atoms with Gasteiger partial charge in [0.25, 0.3) is 0 Å². The number of amidine groups is 1. The van der Waals surface area contributed by atoms with Crippen molar-refractivity contribution in [1.82, 2.24) is 14.8 Å². The van der Waals surface area contributed by atoms with E-state index in [-0.39, 0.29) is 0 Å². The van der Waals surface area contributed by atoms with Crippen molar-refractivity contribution in [2.24, 2.45) is 4.99 Å². The minimum atomic E-state index is -0.667. The number of likely N-dealkylation sites (tertiary alicyclic amines) is 1. The number of pyridine rings is 1. The van der Waals surface area contributed by atoms with Crippen LogP contribution in [0, 0.1) is 0 Å². The van der Waals surface area contributed by atoms with E-state index in [0.717, 1.165) is 82.4 Å². The zero-order valence-electron chi connectivity index (χ0n) is 21.2. The Morgan fingerprint density at radius 3 is 2.58 bits per heavy atom. The van der Waals surface area contributed by atoms with Crippen LogP contribution in [0.15, 0.2) is 64.4 Å². The van der Waals surface area contributed by atoms with E-state index in [2.05, 4.69) is 46.3 Å². The summed E-state index contributed by atoms with van der Waals surface area (Å²) in [5.41, 5.74) is 10.1. The Hall–Kier alpha value is -2.80. The van der Waals surface area contributed by atoms with Crippen LogP contribution in [0.5, 0.6) is 0 Å². The zero-order valence-corrected chi connectivity index (χ0v) is 21.2. The quantitative estimate of drug-likeness (QED) is 0.691. The molecule has 2 aromatic rings. The van der Waals surface area contributed by atoms with Gasteiger partial charge in [0.1, 0.15) is 11.9 Å². The maximum Gasteiger partial charge on any atom is 0.152 e. The van der Waals surface area contributed by atoms with Gasteiger partial charge < -0.3 is 20.0 Å². The summed E-state index contributed by atoms with van der Waals surface area (Å²) in [6.45, 7) is 5.67. The van der Waals surface area contributed by atoms with E-state index >= 15 is 0 Å². The molecule has 4 aliphatic rings. The van der Waals surface area contributed by atoms with Crippen molar-refractivity contribution in [3.05, 3.63) is 81.8 Å². The highest BCUT2D eigenvalue weighted by molar-refractivity contribution is 5.89. The molecule has 0 amide bonds. The second kappa shape index (κ2) is 9.92. The van der Waals surface area contributed by atoms with E-state index in [9.17, 15) is 10.2 Å². The predicted molar refractivity (Wildman–Crippen MR) is 142 cm³/mol. The Kier molecular flexibility index (Phi) is 6.50. The van der Waals surface area contributed by atoms with Crippen molar-refractivity contribution >= 4 is 11.4 Å². The van der Waals surface area contributed by atoms with Gasteiger partial charge in [-0.3, -0.25) is 4.98 Å². The van der Waals surface area contributed by atoms with Crippen molar-refractivity contribution in [3.8, 4) is 0 Å². The third kappa shape index (κ3) is 4.32. The number of piperidine rings is 2. The van der Waals surface area contributed by atoms with Crippen LogP contribution >= 0.6 is 0 Å². The largest absolute Gasteiger partial charge is 0.385 e. The maximum absolute atomic E-state index is 11.0. The minimum absolute atomic E-state index is 0.563. The molecule has 1 aromatic carbocycles. The van der Waals surface area contributed by atoms with Gasteiger partial charge in [-0.1, -0.05) is 35.9 Å². The lowest BCUT2D eigenvalue weighted by Gasteiger charge is -2.41. The number of nitrogens with zero attached hydrogens (tertiary/aromatic N) is 4. The number of aromatic nitrogens is 1. The number of benzene rings is 1. The standard InChI is InChI=1S/C30H36N4O2/c1-20-24(30(36)34-16-5-9-26(35)29(34)32-20)14-19-33-17-12-22(13-18-33)27-25-8-3-2-6-21(25)10-11-23-7-4-15-31-28(23)27/h2-4,6-8,15,26,30,35-36H,5,9-14,16-19H2,1H3. The van der Waals surface area contributed by atoms with Gasteiger partial charge in [-0.25, -0.2) is 4.99 Å². The van der Waals surface area contributed by atoms with Crippen molar-refractivity contribution in [1.29, 1.82) is 0 Å². The van der Waals surface area contributed by atoms with E-state index in [1.165, 1.54) is 33.5 Å². The summed E-state index contributed by atoms with van der Waals surface area (Å²) in [5.74, 6) is 0.641. The lowest BCUT2D eigenvalue weighted by atomic mass is 9.88. The Morgan fingerprint density at radius 2 is 1.72 bits per heavy atom. The summed E-state index contributed by atoms with van der Waals surface area (Å²) in [6, 6.07) is 13.2. The fourth-order valence-electron chi connectivity index (χ4n) is 6.38. The summed E-state index contributed by atoms with van der Waals surface area (Å²) < 4.78 is 0. The van der Waals surface area contributed by atoms with Crippen LogP contribution in [0.1, 0.15) is 61.4 Å². The molecule has 0 spiro atoms. The van der Waals surface area contributed by atoms with E-state index in [0.29, 0.717) is 5.84 Å². The summed E-state index contributed by atoms with van der Waals surface area (Å²) in [7, 11) is 0. The number of fused-ring (bicyclic) bond motifs is 3. The van der Waals surface area contributed by atoms with Gasteiger partial charge in [-0.2, -0.15) is 0 Å². The highest BCUT2D eigenvalue weighted by Gasteiger charge is 2.35. The van der Waals surface area contributed by atoms with Crippen LogP contribution in [0.25, 0.3) is 5.57 Å². The zero-order chi connectivity index (χ0) is 24.6. The molecule has 188 valence electrons. The molecule has 0 saturated carbocycles. The topological polar surface area (TPSA) is 72.2 Å². The van der Waals surface area contributed by atoms with Gasteiger partial charge in [0.2, 0.25) is 0 Å². The molecule has 1 aliphatic carbocycles. The van der Waals surface area contributed by atoms with E-state index < -0.39 is 12.3 Å². The van der Waals surface area contributed by atoms with Crippen molar-refractivity contribution in [2.75, 3.05) is 26.2 Å². The molecule has 6 heteroatoms. The van der Waals surface area contributed by atoms with E-state index in [1.54, 1.807) is 0 Å². The molecule has 36 heavy (non-hydrogen) atoms. The van der Waals surface area contributed by atoms with Crippen LogP contribution in [0.4, 0.5) is 0 Å². The first-order chi connectivity index (χ1) is 17.6. The highest BCUT2D eigenvalue weighted by atomic mass is 16.3. The van der Waals surface area contributed by atoms with Gasteiger partial charge in [0.05, 0.1) is 5.69 Å². The first-order valence-corrected chi connectivity index (χ1v) is 13.5. The predicted octanol–water partition coefficient (Wildman–Crippen LogP) is 3.93. The van der Waals surface area contributed by atoms with Gasteiger partial charge in [-0.15, -0.1) is 0 Å². The summed E-state index contributed by atoms with van der Waals surface area (Å²) in [6.07, 6.45) is 7.30. The maximum atomic E-state index is 11.0. The molecular weight excluding hydrogens is 448 g/mol.